The first-order chi connectivity index (χ1) is 19.9. The highest BCUT2D eigenvalue weighted by molar-refractivity contribution is 7.92. The van der Waals surface area contributed by atoms with Crippen molar-refractivity contribution < 1.29 is 59.0 Å². The molecule has 1 unspecified atom stereocenters. The molecule has 4 rings (SSSR count). The van der Waals surface area contributed by atoms with Gasteiger partial charge in [0.1, 0.15) is 4.75 Å². The van der Waals surface area contributed by atoms with E-state index in [2.05, 4.69) is 0 Å². The van der Waals surface area contributed by atoms with Crippen LogP contribution in [0, 0.1) is 11.8 Å². The largest absolute Gasteiger partial charge is 0.481 e. The maximum atomic E-state index is 14.7. The summed E-state index contributed by atoms with van der Waals surface area (Å²) in [6.07, 6.45) is -12.0. The fourth-order valence-electron chi connectivity index (χ4n) is 5.95. The molecule has 0 bridgehead atoms. The van der Waals surface area contributed by atoms with Gasteiger partial charge in [0.15, 0.2) is 9.84 Å². The fourth-order valence-corrected chi connectivity index (χ4v) is 8.10. The van der Waals surface area contributed by atoms with Crippen molar-refractivity contribution in [3.63, 3.8) is 0 Å². The number of carbonyl (C=O) groups excluding carboxylic acids is 1. The topological polar surface area (TPSA) is 112 Å². The molecule has 2 N–H and O–H groups in total. The van der Waals surface area contributed by atoms with Gasteiger partial charge in [0.25, 0.3) is 0 Å². The molecule has 2 aromatic carbocycles. The van der Waals surface area contributed by atoms with Crippen LogP contribution in [0.4, 0.5) is 30.7 Å². The van der Waals surface area contributed by atoms with Gasteiger partial charge in [0.05, 0.1) is 17.4 Å². The molecule has 1 aliphatic carbocycles. The maximum absolute atomic E-state index is 14.7. The van der Waals surface area contributed by atoms with Gasteiger partial charge in [-0.15, -0.1) is 0 Å². The molecule has 1 saturated carbocycles. The lowest BCUT2D eigenvalue weighted by molar-refractivity contribution is -0.348. The zero-order valence-electron chi connectivity index (χ0n) is 22.5. The second kappa shape index (κ2) is 11.4. The Morgan fingerprint density at radius 2 is 1.44 bits per heavy atom. The van der Waals surface area contributed by atoms with Crippen LogP contribution in [0.3, 0.4) is 0 Å². The number of benzene rings is 2. The molecule has 1 saturated heterocycles. The van der Waals surface area contributed by atoms with Crippen LogP contribution in [-0.4, -0.2) is 60.8 Å². The predicted octanol–water partition coefficient (Wildman–Crippen LogP) is 5.26. The normalized spacial score (nSPS) is 23.8. The van der Waals surface area contributed by atoms with Crippen molar-refractivity contribution in [3.8, 4) is 0 Å². The highest BCUT2D eigenvalue weighted by Gasteiger charge is 2.73. The summed E-state index contributed by atoms with van der Waals surface area (Å²) in [4.78, 5) is 25.7. The lowest BCUT2D eigenvalue weighted by Gasteiger charge is -2.33. The molecule has 1 atom stereocenters. The summed E-state index contributed by atoms with van der Waals surface area (Å²) in [5, 5.41) is 18.8. The van der Waals surface area contributed by atoms with Crippen LogP contribution >= 0.6 is 0 Å². The number of carboxylic acid groups (broad SMARTS) is 1. The Hall–Kier alpha value is -3.20. The zero-order valence-corrected chi connectivity index (χ0v) is 23.3. The van der Waals surface area contributed by atoms with E-state index < -0.39 is 75.0 Å². The number of aliphatic hydroxyl groups excluding tert-OH is 1. The second-order valence-electron chi connectivity index (χ2n) is 10.9. The second-order valence-corrected chi connectivity index (χ2v) is 13.2. The van der Waals surface area contributed by atoms with E-state index in [1.165, 1.54) is 29.2 Å². The highest BCUT2D eigenvalue weighted by Crippen LogP contribution is 2.54. The third-order valence-corrected chi connectivity index (χ3v) is 10.9. The summed E-state index contributed by atoms with van der Waals surface area (Å²) in [6.45, 7) is -1.16. The van der Waals surface area contributed by atoms with Gasteiger partial charge in [-0.3, -0.25) is 9.59 Å². The molecular formula is C28H28F7NO6S. The van der Waals surface area contributed by atoms with Gasteiger partial charge in [-0.2, -0.15) is 26.3 Å². The summed E-state index contributed by atoms with van der Waals surface area (Å²) in [6, 6.07) is 7.04. The van der Waals surface area contributed by atoms with Crippen molar-refractivity contribution in [1.82, 2.24) is 4.90 Å². The molecule has 43 heavy (non-hydrogen) atoms. The van der Waals surface area contributed by atoms with E-state index in [1.807, 2.05) is 0 Å². The first-order valence-electron chi connectivity index (χ1n) is 13.3. The molecule has 2 fully saturated rings. The van der Waals surface area contributed by atoms with Gasteiger partial charge in [-0.25, -0.2) is 12.8 Å². The van der Waals surface area contributed by atoms with Gasteiger partial charge < -0.3 is 15.1 Å². The number of aliphatic hydroxyl groups is 1. The number of aliphatic carboxylic acids is 1. The zero-order chi connectivity index (χ0) is 32.0. The summed E-state index contributed by atoms with van der Waals surface area (Å²) in [5.74, 6) is -2.65. The van der Waals surface area contributed by atoms with Gasteiger partial charge in [-0.1, -0.05) is 36.4 Å². The van der Waals surface area contributed by atoms with Crippen LogP contribution in [0.2, 0.25) is 0 Å². The van der Waals surface area contributed by atoms with E-state index in [-0.39, 0.29) is 66.8 Å². The summed E-state index contributed by atoms with van der Waals surface area (Å²) < 4.78 is 121. The predicted molar refractivity (Wildman–Crippen MR) is 137 cm³/mol. The lowest BCUT2D eigenvalue weighted by atomic mass is 9.81. The standard InChI is InChI=1S/C28H28F7NO6S/c29-26(27(30,31)32,28(33,34)35)21-10-8-20(9-11-21)25(43(41,42)22-3-1-2-17(14-22)15-37)12-13-36(16-25)23(38)18-4-6-19(7-5-18)24(39)40/h1-3,8-11,14,18-19,37H,4-7,12-13,15-16H2,(H,39,40). The highest BCUT2D eigenvalue weighted by atomic mass is 32.2. The number of sulfone groups is 1. The van der Waals surface area contributed by atoms with E-state index in [9.17, 15) is 59.0 Å². The van der Waals surface area contributed by atoms with Crippen molar-refractivity contribution >= 4 is 21.7 Å². The molecule has 2 aromatic rings. The van der Waals surface area contributed by atoms with Gasteiger partial charge >= 0.3 is 24.0 Å². The van der Waals surface area contributed by atoms with E-state index in [0.717, 1.165) is 0 Å². The van der Waals surface area contributed by atoms with Crippen molar-refractivity contribution in [2.75, 3.05) is 13.1 Å². The summed E-state index contributed by atoms with van der Waals surface area (Å²) in [7, 11) is -4.53. The van der Waals surface area contributed by atoms with Crippen LogP contribution in [0.5, 0.6) is 0 Å². The number of hydrogen-bond donors (Lipinski definition) is 2. The minimum absolute atomic E-state index is 0.128. The Labute approximate surface area is 242 Å². The first kappa shape index (κ1) is 32.7. The van der Waals surface area contributed by atoms with E-state index in [1.54, 1.807) is 0 Å². The third-order valence-electron chi connectivity index (χ3n) is 8.46. The van der Waals surface area contributed by atoms with Gasteiger partial charge in [0.2, 0.25) is 5.91 Å². The number of amides is 1. The van der Waals surface area contributed by atoms with Crippen LogP contribution < -0.4 is 0 Å². The number of rotatable bonds is 7. The number of carbonyl (C=O) groups is 2. The van der Waals surface area contributed by atoms with Gasteiger partial charge in [-0.05, 0) is 55.4 Å². The monoisotopic (exact) mass is 639 g/mol. The molecule has 1 heterocycles. The van der Waals surface area contributed by atoms with Crippen LogP contribution in [0.15, 0.2) is 53.4 Å². The number of halogens is 7. The Morgan fingerprint density at radius 1 is 0.884 bits per heavy atom. The Bertz CT molecular complexity index is 1450. The Balaban J connectivity index is 1.76. The van der Waals surface area contributed by atoms with E-state index in [0.29, 0.717) is 12.1 Å². The average Bonchev–Trinajstić information content (AvgIpc) is 3.43. The minimum atomic E-state index is -6.36. The third kappa shape index (κ3) is 5.61. The average molecular weight is 640 g/mol. The molecule has 1 aliphatic heterocycles. The lowest BCUT2D eigenvalue weighted by Crippen LogP contribution is -2.50. The summed E-state index contributed by atoms with van der Waals surface area (Å²) >= 11 is 0. The molecule has 0 radical (unpaired) electrons. The molecular weight excluding hydrogens is 611 g/mol. The number of nitrogens with zero attached hydrogens (tertiary/aromatic N) is 1. The minimum Gasteiger partial charge on any atom is -0.481 e. The number of likely N-dealkylation sites (tertiary alicyclic amines) is 1. The van der Waals surface area contributed by atoms with Crippen molar-refractivity contribution in [1.29, 1.82) is 0 Å². The Morgan fingerprint density at radius 3 is 1.95 bits per heavy atom. The fraction of sp³-hybridized carbons (Fsp3) is 0.500. The van der Waals surface area contributed by atoms with Crippen molar-refractivity contribution in [3.05, 3.63) is 65.2 Å². The van der Waals surface area contributed by atoms with Crippen LogP contribution in [0.25, 0.3) is 0 Å². The molecule has 15 heteroatoms. The molecule has 236 valence electrons. The van der Waals surface area contributed by atoms with Gasteiger partial charge in [0, 0.05) is 24.6 Å². The molecule has 7 nitrogen and oxygen atoms in total. The van der Waals surface area contributed by atoms with Crippen molar-refractivity contribution in [2.45, 2.75) is 66.4 Å². The summed E-state index contributed by atoms with van der Waals surface area (Å²) in [5.41, 5.74) is -7.54. The van der Waals surface area contributed by atoms with E-state index in [4.69, 9.17) is 0 Å². The molecule has 1 amide bonds. The maximum Gasteiger partial charge on any atom is 0.435 e. The smallest absolute Gasteiger partial charge is 0.435 e. The Kier molecular flexibility index (Phi) is 8.66. The SMILES string of the molecule is O=C(O)C1CCC(C(=O)N2CCC(c3ccc(C(F)(C(F)(F)F)C(F)(F)F)cc3)(S(=O)(=O)c3cccc(CO)c3)C2)CC1. The van der Waals surface area contributed by atoms with Crippen molar-refractivity contribution in [2.24, 2.45) is 11.8 Å². The first-order valence-corrected chi connectivity index (χ1v) is 14.8. The number of hydrogen-bond acceptors (Lipinski definition) is 5. The number of carboxylic acids is 1. The van der Waals surface area contributed by atoms with Crippen LogP contribution in [0.1, 0.15) is 48.8 Å². The van der Waals surface area contributed by atoms with E-state index >= 15 is 0 Å². The quantitative estimate of drug-likeness (QED) is 0.400. The molecule has 0 aromatic heterocycles. The van der Waals surface area contributed by atoms with Crippen LogP contribution in [-0.2, 0) is 36.4 Å². The molecule has 2 aliphatic rings. The molecule has 0 spiro atoms. The number of alkyl halides is 7.